The summed E-state index contributed by atoms with van der Waals surface area (Å²) in [6.07, 6.45) is -3.94. The zero-order valence-electron chi connectivity index (χ0n) is 15.2. The third-order valence-corrected chi connectivity index (χ3v) is 5.16. The number of fused-ring (bicyclic) bond motifs is 1. The highest BCUT2D eigenvalue weighted by Crippen LogP contribution is 2.32. The van der Waals surface area contributed by atoms with E-state index in [9.17, 15) is 18.0 Å². The molecule has 0 saturated carbocycles. The number of carbonyl (C=O) groups excluding carboxylic acids is 1. The van der Waals surface area contributed by atoms with Gasteiger partial charge in [0.25, 0.3) is 0 Å². The van der Waals surface area contributed by atoms with E-state index in [1.807, 2.05) is 28.8 Å². The van der Waals surface area contributed by atoms with Crippen LogP contribution in [-0.4, -0.2) is 39.9 Å². The number of benzene rings is 1. The van der Waals surface area contributed by atoms with Crippen LogP contribution in [0.1, 0.15) is 5.56 Å². The highest BCUT2D eigenvalue weighted by atomic mass is 35.5. The molecule has 0 saturated heterocycles. The summed E-state index contributed by atoms with van der Waals surface area (Å²) in [6, 6.07) is 8.28. The van der Waals surface area contributed by atoms with Gasteiger partial charge in [-0.25, -0.2) is 9.97 Å². The van der Waals surface area contributed by atoms with Crippen molar-refractivity contribution in [2.45, 2.75) is 17.9 Å². The molecule has 0 unspecified atom stereocenters. The lowest BCUT2D eigenvalue weighted by molar-refractivity contribution is -0.137. The van der Waals surface area contributed by atoms with Crippen molar-refractivity contribution >= 4 is 46.1 Å². The molecule has 11 heteroatoms. The second-order valence-electron chi connectivity index (χ2n) is 5.92. The molecule has 1 aromatic carbocycles. The number of carbonyl (C=O) groups is 1. The molecule has 1 amide bonds. The highest BCUT2D eigenvalue weighted by Gasteiger charge is 2.31. The summed E-state index contributed by atoms with van der Waals surface area (Å²) in [4.78, 5) is 20.4. The summed E-state index contributed by atoms with van der Waals surface area (Å²) in [5.41, 5.74) is 0.723. The van der Waals surface area contributed by atoms with Crippen molar-refractivity contribution in [1.29, 1.82) is 0 Å². The highest BCUT2D eigenvalue weighted by molar-refractivity contribution is 7.99. The van der Waals surface area contributed by atoms with Gasteiger partial charge in [0.15, 0.2) is 11.0 Å². The van der Waals surface area contributed by atoms with Crippen LogP contribution in [0.2, 0.25) is 5.02 Å². The van der Waals surface area contributed by atoms with Crippen LogP contribution in [0.4, 0.5) is 19.0 Å². The molecule has 0 aliphatic heterocycles. The van der Waals surface area contributed by atoms with Gasteiger partial charge in [0, 0.05) is 19.9 Å². The number of rotatable bonds is 7. The standard InChI is InChI=1S/C18H16ClF3N4O2S/c1-28-7-6-26-14-5-3-2-4-13(14)24-17(26)29-10-15(27)25-16-12(19)8-11(9-23-16)18(20,21)22/h2-5,8-9H,6-7,10H2,1H3,(H,23,25,27). The Morgan fingerprint density at radius 3 is 2.79 bits per heavy atom. The molecular weight excluding hydrogens is 429 g/mol. The fourth-order valence-corrected chi connectivity index (χ4v) is 3.60. The first-order valence-corrected chi connectivity index (χ1v) is 9.75. The summed E-state index contributed by atoms with van der Waals surface area (Å²) in [6.45, 7) is 1.04. The van der Waals surface area contributed by atoms with Gasteiger partial charge in [-0.05, 0) is 18.2 Å². The summed E-state index contributed by atoms with van der Waals surface area (Å²) in [5.74, 6) is -0.609. The molecule has 3 aromatic rings. The maximum Gasteiger partial charge on any atom is 0.417 e. The average molecular weight is 445 g/mol. The van der Waals surface area contributed by atoms with Crippen LogP contribution >= 0.6 is 23.4 Å². The molecule has 0 fully saturated rings. The van der Waals surface area contributed by atoms with Crippen molar-refractivity contribution in [3.05, 3.63) is 47.1 Å². The Balaban J connectivity index is 1.70. The monoisotopic (exact) mass is 444 g/mol. The number of pyridine rings is 1. The minimum absolute atomic E-state index is 0.0185. The molecule has 3 rings (SSSR count). The Labute approximate surface area is 173 Å². The van der Waals surface area contributed by atoms with E-state index in [4.69, 9.17) is 16.3 Å². The maximum atomic E-state index is 12.7. The van der Waals surface area contributed by atoms with E-state index >= 15 is 0 Å². The van der Waals surface area contributed by atoms with E-state index in [1.165, 1.54) is 11.8 Å². The fraction of sp³-hybridized carbons (Fsp3) is 0.278. The number of thioether (sulfide) groups is 1. The molecule has 0 radical (unpaired) electrons. The zero-order valence-corrected chi connectivity index (χ0v) is 16.7. The van der Waals surface area contributed by atoms with Crippen LogP contribution < -0.4 is 5.32 Å². The minimum atomic E-state index is -4.56. The number of hydrogen-bond donors (Lipinski definition) is 1. The lowest BCUT2D eigenvalue weighted by Gasteiger charge is -2.10. The van der Waals surface area contributed by atoms with Crippen LogP contribution in [0.5, 0.6) is 0 Å². The van der Waals surface area contributed by atoms with Gasteiger partial charge >= 0.3 is 6.18 Å². The van der Waals surface area contributed by atoms with Crippen LogP contribution in [0, 0.1) is 0 Å². The molecule has 0 spiro atoms. The number of methoxy groups -OCH3 is 1. The number of amides is 1. The first-order valence-electron chi connectivity index (χ1n) is 8.39. The predicted molar refractivity (Wildman–Crippen MR) is 105 cm³/mol. The summed E-state index contributed by atoms with van der Waals surface area (Å²) < 4.78 is 45.1. The zero-order chi connectivity index (χ0) is 21.0. The van der Waals surface area contributed by atoms with E-state index < -0.39 is 17.6 Å². The van der Waals surface area contributed by atoms with Crippen LogP contribution in [-0.2, 0) is 22.3 Å². The lowest BCUT2D eigenvalue weighted by Crippen LogP contribution is -2.17. The fourth-order valence-electron chi connectivity index (χ4n) is 2.55. The van der Waals surface area contributed by atoms with Crippen molar-refractivity contribution in [2.24, 2.45) is 0 Å². The number of ether oxygens (including phenoxy) is 1. The Bertz CT molecular complexity index is 1030. The molecule has 154 valence electrons. The Hall–Kier alpha value is -2.30. The summed E-state index contributed by atoms with van der Waals surface area (Å²) >= 11 is 7.02. The third-order valence-electron chi connectivity index (χ3n) is 3.90. The molecule has 0 aliphatic rings. The smallest absolute Gasteiger partial charge is 0.383 e. The molecular formula is C18H16ClF3N4O2S. The van der Waals surface area contributed by atoms with Crippen LogP contribution in [0.25, 0.3) is 11.0 Å². The number of para-hydroxylation sites is 2. The quantitative estimate of drug-likeness (QED) is 0.544. The normalized spacial score (nSPS) is 11.8. The van der Waals surface area contributed by atoms with Crippen LogP contribution in [0.15, 0.2) is 41.7 Å². The van der Waals surface area contributed by atoms with Gasteiger partial charge in [-0.3, -0.25) is 4.79 Å². The number of hydrogen-bond acceptors (Lipinski definition) is 5. The van der Waals surface area contributed by atoms with Crippen molar-refractivity contribution in [2.75, 3.05) is 24.8 Å². The predicted octanol–water partition coefficient (Wildman–Crippen LogP) is 4.48. The largest absolute Gasteiger partial charge is 0.417 e. The molecule has 6 nitrogen and oxygen atoms in total. The van der Waals surface area contributed by atoms with Gasteiger partial charge in [-0.2, -0.15) is 13.2 Å². The van der Waals surface area contributed by atoms with Crippen molar-refractivity contribution < 1.29 is 22.7 Å². The summed E-state index contributed by atoms with van der Waals surface area (Å²) in [7, 11) is 1.60. The first kappa shape index (κ1) is 21.4. The van der Waals surface area contributed by atoms with Gasteiger partial charge < -0.3 is 14.6 Å². The maximum absolute atomic E-state index is 12.7. The molecule has 2 heterocycles. The average Bonchev–Trinajstić information content (AvgIpc) is 3.03. The Kier molecular flexibility index (Phi) is 6.66. The second-order valence-corrected chi connectivity index (χ2v) is 7.27. The van der Waals surface area contributed by atoms with Gasteiger partial charge in [0.1, 0.15) is 0 Å². The molecule has 2 aromatic heterocycles. The molecule has 0 bridgehead atoms. The van der Waals surface area contributed by atoms with Gasteiger partial charge in [0.2, 0.25) is 5.91 Å². The third kappa shape index (κ3) is 5.20. The number of anilines is 1. The topological polar surface area (TPSA) is 69.0 Å². The molecule has 0 atom stereocenters. The molecule has 1 N–H and O–H groups in total. The molecule has 0 aliphatic carbocycles. The number of nitrogens with one attached hydrogen (secondary N) is 1. The number of halogens is 4. The summed E-state index contributed by atoms with van der Waals surface area (Å²) in [5, 5.41) is 2.77. The Morgan fingerprint density at radius 1 is 1.34 bits per heavy atom. The number of aromatic nitrogens is 3. The van der Waals surface area contributed by atoms with Gasteiger partial charge in [-0.1, -0.05) is 35.5 Å². The van der Waals surface area contributed by atoms with E-state index in [0.29, 0.717) is 24.5 Å². The number of nitrogens with zero attached hydrogens (tertiary/aromatic N) is 3. The lowest BCUT2D eigenvalue weighted by atomic mass is 10.3. The van der Waals surface area contributed by atoms with Crippen LogP contribution in [0.3, 0.4) is 0 Å². The SMILES string of the molecule is COCCn1c(SCC(=O)Nc2ncc(C(F)(F)F)cc2Cl)nc2ccccc21. The van der Waals surface area contributed by atoms with Crippen molar-refractivity contribution in [3.8, 4) is 0 Å². The number of imidazole rings is 1. The van der Waals surface area contributed by atoms with Gasteiger partial charge in [0.05, 0.1) is 34.0 Å². The van der Waals surface area contributed by atoms with E-state index in [1.54, 1.807) is 7.11 Å². The number of alkyl halides is 3. The van der Waals surface area contributed by atoms with E-state index in [2.05, 4.69) is 15.3 Å². The van der Waals surface area contributed by atoms with Crippen molar-refractivity contribution in [1.82, 2.24) is 14.5 Å². The van der Waals surface area contributed by atoms with E-state index in [0.717, 1.165) is 17.1 Å². The molecule has 29 heavy (non-hydrogen) atoms. The minimum Gasteiger partial charge on any atom is -0.383 e. The van der Waals surface area contributed by atoms with Gasteiger partial charge in [-0.15, -0.1) is 0 Å². The first-order chi connectivity index (χ1) is 13.8. The Morgan fingerprint density at radius 2 is 2.10 bits per heavy atom. The van der Waals surface area contributed by atoms with E-state index in [-0.39, 0.29) is 16.6 Å². The second kappa shape index (κ2) is 9.02. The van der Waals surface area contributed by atoms with Crippen molar-refractivity contribution in [3.63, 3.8) is 0 Å².